The van der Waals surface area contributed by atoms with E-state index in [1.807, 2.05) is 6.07 Å². The zero-order valence-electron chi connectivity index (χ0n) is 8.75. The quantitative estimate of drug-likeness (QED) is 0.915. The highest BCUT2D eigenvalue weighted by molar-refractivity contribution is 9.10. The summed E-state index contributed by atoms with van der Waals surface area (Å²) in [6, 6.07) is 5.43. The number of nitrogens with zero attached hydrogens (tertiary/aromatic N) is 1. The molecule has 0 saturated carbocycles. The lowest BCUT2D eigenvalue weighted by atomic mass is 10.1. The molecule has 0 saturated heterocycles. The largest absolute Gasteiger partial charge is 0.396 e. The molecule has 2 aromatic rings. The Morgan fingerprint density at radius 1 is 1.41 bits per heavy atom. The summed E-state index contributed by atoms with van der Waals surface area (Å²) in [6.45, 7) is -0.435. The van der Waals surface area contributed by atoms with Crippen LogP contribution >= 0.6 is 15.9 Å². The van der Waals surface area contributed by atoms with Gasteiger partial charge in [0, 0.05) is 9.86 Å². The number of nitrogens with one attached hydrogen (secondary N) is 1. The molecule has 3 N–H and O–H groups in total. The molecule has 90 valence electrons. The van der Waals surface area contributed by atoms with Crippen LogP contribution in [-0.4, -0.2) is 18.0 Å². The van der Waals surface area contributed by atoms with Crippen molar-refractivity contribution in [3.63, 3.8) is 0 Å². The smallest absolute Gasteiger partial charge is 0.255 e. The molecule has 1 aromatic heterocycles. The van der Waals surface area contributed by atoms with E-state index in [1.165, 1.54) is 6.20 Å². The van der Waals surface area contributed by atoms with Crippen molar-refractivity contribution in [2.75, 3.05) is 17.6 Å². The summed E-state index contributed by atoms with van der Waals surface area (Å²) in [6.07, 6.45) is -0.964. The Kier molecular flexibility index (Phi) is 3.42. The fraction of sp³-hybridized carbons (Fsp3) is 0.182. The number of nitrogen functional groups attached to an aromatic ring is 1. The van der Waals surface area contributed by atoms with E-state index in [4.69, 9.17) is 5.73 Å². The van der Waals surface area contributed by atoms with Crippen molar-refractivity contribution in [2.24, 2.45) is 0 Å². The lowest BCUT2D eigenvalue weighted by Gasteiger charge is -2.11. The Balaban J connectivity index is 2.50. The van der Waals surface area contributed by atoms with Gasteiger partial charge in [0.2, 0.25) is 0 Å². The first-order chi connectivity index (χ1) is 8.08. The summed E-state index contributed by atoms with van der Waals surface area (Å²) in [4.78, 5) is 4.14. The first-order valence-corrected chi connectivity index (χ1v) is 5.73. The molecular formula is C11H10BrF2N3. The average molecular weight is 302 g/mol. The molecule has 0 fully saturated rings. The highest BCUT2D eigenvalue weighted by atomic mass is 79.9. The van der Waals surface area contributed by atoms with Crippen LogP contribution in [0.25, 0.3) is 10.9 Å². The Morgan fingerprint density at radius 3 is 2.88 bits per heavy atom. The van der Waals surface area contributed by atoms with E-state index in [2.05, 4.69) is 26.2 Å². The maximum absolute atomic E-state index is 12.2. The number of pyridine rings is 1. The highest BCUT2D eigenvalue weighted by Gasteiger charge is 2.09. The molecule has 6 heteroatoms. The second kappa shape index (κ2) is 4.83. The number of anilines is 2. The third kappa shape index (κ3) is 2.63. The first-order valence-electron chi connectivity index (χ1n) is 4.93. The molecule has 0 unspecified atom stereocenters. The SMILES string of the molecule is Nc1cnc2ccc(Br)cc2c1NCC(F)F. The molecule has 0 bridgehead atoms. The highest BCUT2D eigenvalue weighted by Crippen LogP contribution is 2.30. The van der Waals surface area contributed by atoms with Crippen LogP contribution in [0.3, 0.4) is 0 Å². The molecule has 0 aliphatic carbocycles. The van der Waals surface area contributed by atoms with E-state index in [-0.39, 0.29) is 0 Å². The van der Waals surface area contributed by atoms with Gasteiger partial charge in [-0.05, 0) is 18.2 Å². The second-order valence-electron chi connectivity index (χ2n) is 3.52. The van der Waals surface area contributed by atoms with E-state index in [1.54, 1.807) is 12.1 Å². The Bertz CT molecular complexity index is 540. The molecule has 0 aliphatic rings. The Morgan fingerprint density at radius 2 is 2.18 bits per heavy atom. The van der Waals surface area contributed by atoms with Crippen molar-refractivity contribution < 1.29 is 8.78 Å². The van der Waals surface area contributed by atoms with Gasteiger partial charge in [-0.3, -0.25) is 4.98 Å². The molecule has 0 spiro atoms. The molecule has 0 radical (unpaired) electrons. The number of fused-ring (bicyclic) bond motifs is 1. The number of halogens is 3. The van der Waals surface area contributed by atoms with Gasteiger partial charge in [0.05, 0.1) is 29.6 Å². The number of hydrogen-bond acceptors (Lipinski definition) is 3. The van der Waals surface area contributed by atoms with Gasteiger partial charge in [-0.2, -0.15) is 0 Å². The maximum Gasteiger partial charge on any atom is 0.255 e. The van der Waals surface area contributed by atoms with E-state index < -0.39 is 13.0 Å². The lowest BCUT2D eigenvalue weighted by Crippen LogP contribution is -2.12. The zero-order chi connectivity index (χ0) is 12.4. The van der Waals surface area contributed by atoms with Crippen molar-refractivity contribution in [3.05, 3.63) is 28.9 Å². The molecule has 17 heavy (non-hydrogen) atoms. The summed E-state index contributed by atoms with van der Waals surface area (Å²) in [5.74, 6) is 0. The average Bonchev–Trinajstić information content (AvgIpc) is 2.27. The normalized spacial score (nSPS) is 11.1. The number of benzene rings is 1. The van der Waals surface area contributed by atoms with Crippen molar-refractivity contribution in [2.45, 2.75) is 6.43 Å². The number of nitrogens with two attached hydrogens (primary N) is 1. The number of hydrogen-bond donors (Lipinski definition) is 2. The molecule has 1 heterocycles. The van der Waals surface area contributed by atoms with Crippen molar-refractivity contribution in [1.82, 2.24) is 4.98 Å². The van der Waals surface area contributed by atoms with E-state index in [0.717, 1.165) is 9.86 Å². The standard InChI is InChI=1S/C11H10BrF2N3/c12-6-1-2-9-7(3-6)11(8(15)4-16-9)17-5-10(13)14/h1-4,10H,5,15H2,(H,16,17). The van der Waals surface area contributed by atoms with Crippen LogP contribution in [0.5, 0.6) is 0 Å². The van der Waals surface area contributed by atoms with Crippen LogP contribution < -0.4 is 11.1 Å². The van der Waals surface area contributed by atoms with Crippen LogP contribution in [0.2, 0.25) is 0 Å². The predicted molar refractivity (Wildman–Crippen MR) is 68.3 cm³/mol. The van der Waals surface area contributed by atoms with Gasteiger partial charge in [-0.25, -0.2) is 8.78 Å². The fourth-order valence-corrected chi connectivity index (χ4v) is 1.92. The van der Waals surface area contributed by atoms with E-state index >= 15 is 0 Å². The van der Waals surface area contributed by atoms with Crippen LogP contribution in [0.4, 0.5) is 20.2 Å². The minimum absolute atomic E-state index is 0.358. The Hall–Kier alpha value is -1.43. The van der Waals surface area contributed by atoms with Gasteiger partial charge in [-0.15, -0.1) is 0 Å². The zero-order valence-corrected chi connectivity index (χ0v) is 10.3. The lowest BCUT2D eigenvalue weighted by molar-refractivity contribution is 0.163. The molecule has 1 aromatic carbocycles. The minimum atomic E-state index is -2.43. The van der Waals surface area contributed by atoms with Crippen molar-refractivity contribution in [1.29, 1.82) is 0 Å². The summed E-state index contributed by atoms with van der Waals surface area (Å²) in [5.41, 5.74) is 7.30. The van der Waals surface area contributed by atoms with Crippen LogP contribution in [0.15, 0.2) is 28.9 Å². The third-order valence-electron chi connectivity index (χ3n) is 2.29. The molecule has 2 rings (SSSR count). The minimum Gasteiger partial charge on any atom is -0.396 e. The summed E-state index contributed by atoms with van der Waals surface area (Å²) < 4.78 is 25.3. The van der Waals surface area contributed by atoms with Crippen LogP contribution in [-0.2, 0) is 0 Å². The van der Waals surface area contributed by atoms with E-state index in [0.29, 0.717) is 16.9 Å². The maximum atomic E-state index is 12.2. The molecule has 3 nitrogen and oxygen atoms in total. The number of aromatic nitrogens is 1. The summed E-state index contributed by atoms with van der Waals surface area (Å²) in [5, 5.41) is 3.37. The van der Waals surface area contributed by atoms with Crippen molar-refractivity contribution >= 4 is 38.2 Å². The second-order valence-corrected chi connectivity index (χ2v) is 4.44. The predicted octanol–water partition coefficient (Wildman–Crippen LogP) is 3.26. The Labute approximate surface area is 105 Å². The van der Waals surface area contributed by atoms with Gasteiger partial charge in [0.1, 0.15) is 0 Å². The van der Waals surface area contributed by atoms with Crippen LogP contribution in [0.1, 0.15) is 0 Å². The van der Waals surface area contributed by atoms with E-state index in [9.17, 15) is 8.78 Å². The van der Waals surface area contributed by atoms with Gasteiger partial charge < -0.3 is 11.1 Å². The van der Waals surface area contributed by atoms with Gasteiger partial charge in [0.15, 0.2) is 0 Å². The summed E-state index contributed by atoms with van der Waals surface area (Å²) in [7, 11) is 0. The van der Waals surface area contributed by atoms with Crippen LogP contribution in [0, 0.1) is 0 Å². The monoisotopic (exact) mass is 301 g/mol. The third-order valence-corrected chi connectivity index (χ3v) is 2.79. The number of rotatable bonds is 3. The van der Waals surface area contributed by atoms with Gasteiger partial charge >= 0.3 is 0 Å². The summed E-state index contributed by atoms with van der Waals surface area (Å²) >= 11 is 3.33. The fourth-order valence-electron chi connectivity index (χ4n) is 1.56. The first kappa shape index (κ1) is 12.0. The topological polar surface area (TPSA) is 50.9 Å². The molecular weight excluding hydrogens is 292 g/mol. The van der Waals surface area contributed by atoms with Crippen molar-refractivity contribution in [3.8, 4) is 0 Å². The van der Waals surface area contributed by atoms with Gasteiger partial charge in [-0.1, -0.05) is 15.9 Å². The van der Waals surface area contributed by atoms with Gasteiger partial charge in [0.25, 0.3) is 6.43 Å². The molecule has 0 amide bonds. The molecule has 0 aliphatic heterocycles. The number of alkyl halides is 2. The molecule has 0 atom stereocenters.